The molecule has 25 heavy (non-hydrogen) atoms. The lowest BCUT2D eigenvalue weighted by molar-refractivity contribution is -0.0498. The van der Waals surface area contributed by atoms with Crippen molar-refractivity contribution in [2.75, 3.05) is 45.9 Å². The Bertz CT molecular complexity index is 584. The monoisotopic (exact) mass is 353 g/mol. The second-order valence-electron chi connectivity index (χ2n) is 5.56. The first-order valence-electron chi connectivity index (χ1n) is 8.11. The number of hydrogen-bond acceptors (Lipinski definition) is 5. The quantitative estimate of drug-likeness (QED) is 0.715. The Labute approximate surface area is 145 Å². The lowest BCUT2D eigenvalue weighted by atomic mass is 10.2. The van der Waals surface area contributed by atoms with Crippen LogP contribution in [-0.2, 0) is 4.74 Å². The third-order valence-electron chi connectivity index (χ3n) is 3.90. The fourth-order valence-electron chi connectivity index (χ4n) is 2.55. The van der Waals surface area contributed by atoms with Crippen LogP contribution in [0.4, 0.5) is 8.78 Å². The van der Waals surface area contributed by atoms with Gasteiger partial charge in [-0.25, -0.2) is 0 Å². The van der Waals surface area contributed by atoms with Crippen molar-refractivity contribution in [3.8, 4) is 11.8 Å². The van der Waals surface area contributed by atoms with E-state index in [4.69, 9.17) is 10.00 Å². The highest BCUT2D eigenvalue weighted by Crippen LogP contribution is 2.16. The van der Waals surface area contributed by atoms with Crippen LogP contribution in [0, 0.1) is 11.3 Å². The van der Waals surface area contributed by atoms with Crippen LogP contribution < -0.4 is 4.74 Å². The molecule has 8 heteroatoms. The molecule has 1 aromatic carbocycles. The number of rotatable bonds is 8. The number of ether oxygens (including phenoxy) is 2. The molecule has 0 atom stereocenters. The van der Waals surface area contributed by atoms with E-state index in [2.05, 4.69) is 9.64 Å². The fourth-order valence-corrected chi connectivity index (χ4v) is 2.55. The minimum absolute atomic E-state index is 0.00319. The molecule has 1 heterocycles. The van der Waals surface area contributed by atoms with E-state index in [9.17, 15) is 13.6 Å². The molecule has 0 N–H and O–H groups in total. The van der Waals surface area contributed by atoms with Crippen molar-refractivity contribution >= 4 is 5.91 Å². The zero-order chi connectivity index (χ0) is 18.1. The van der Waals surface area contributed by atoms with Gasteiger partial charge in [-0.15, -0.1) is 0 Å². The summed E-state index contributed by atoms with van der Waals surface area (Å²) in [5.74, 6) is -0.226. The Morgan fingerprint density at radius 2 is 1.96 bits per heavy atom. The van der Waals surface area contributed by atoms with E-state index < -0.39 is 6.61 Å². The Hall–Kier alpha value is -2.24. The molecule has 6 nitrogen and oxygen atoms in total. The van der Waals surface area contributed by atoms with Crippen LogP contribution in [0.5, 0.6) is 5.75 Å². The third kappa shape index (κ3) is 6.29. The molecule has 0 bridgehead atoms. The van der Waals surface area contributed by atoms with E-state index in [1.165, 1.54) is 24.3 Å². The SMILES string of the molecule is N#CCCN(CCN1CCOCC1)C(=O)c1ccc(OC(F)F)cc1. The second-order valence-corrected chi connectivity index (χ2v) is 5.56. The summed E-state index contributed by atoms with van der Waals surface area (Å²) in [4.78, 5) is 16.5. The van der Waals surface area contributed by atoms with Crippen LogP contribution in [0.15, 0.2) is 24.3 Å². The molecular formula is C17H21F2N3O3. The molecule has 0 saturated carbocycles. The number of nitriles is 1. The van der Waals surface area contributed by atoms with Gasteiger partial charge in [-0.3, -0.25) is 9.69 Å². The van der Waals surface area contributed by atoms with Gasteiger partial charge in [-0.05, 0) is 24.3 Å². The summed E-state index contributed by atoms with van der Waals surface area (Å²) < 4.78 is 33.9. The number of benzene rings is 1. The first-order valence-corrected chi connectivity index (χ1v) is 8.11. The summed E-state index contributed by atoms with van der Waals surface area (Å²) in [6.45, 7) is 1.62. The van der Waals surface area contributed by atoms with Crippen molar-refractivity contribution in [2.24, 2.45) is 0 Å². The molecule has 1 aliphatic heterocycles. The van der Waals surface area contributed by atoms with Gasteiger partial charge in [-0.1, -0.05) is 0 Å². The first kappa shape index (κ1) is 19.1. The summed E-state index contributed by atoms with van der Waals surface area (Å²) in [7, 11) is 0. The predicted molar refractivity (Wildman–Crippen MR) is 86.5 cm³/mol. The largest absolute Gasteiger partial charge is 0.435 e. The number of amides is 1. The average Bonchev–Trinajstić information content (AvgIpc) is 2.62. The van der Waals surface area contributed by atoms with Gasteiger partial charge < -0.3 is 14.4 Å². The zero-order valence-corrected chi connectivity index (χ0v) is 13.9. The number of carbonyl (C=O) groups excluding carboxylic acids is 1. The molecule has 136 valence electrons. The van der Waals surface area contributed by atoms with Crippen molar-refractivity contribution in [3.05, 3.63) is 29.8 Å². The molecule has 0 unspecified atom stereocenters. The molecule has 1 fully saturated rings. The Morgan fingerprint density at radius 1 is 1.28 bits per heavy atom. The van der Waals surface area contributed by atoms with Crippen LogP contribution in [0.2, 0.25) is 0 Å². The molecule has 1 aromatic rings. The van der Waals surface area contributed by atoms with Crippen LogP contribution >= 0.6 is 0 Å². The lowest BCUT2D eigenvalue weighted by Gasteiger charge is -2.30. The van der Waals surface area contributed by atoms with E-state index in [-0.39, 0.29) is 18.1 Å². The summed E-state index contributed by atoms with van der Waals surface area (Å²) >= 11 is 0. The number of nitrogens with zero attached hydrogens (tertiary/aromatic N) is 3. The average molecular weight is 353 g/mol. The summed E-state index contributed by atoms with van der Waals surface area (Å²) in [5.41, 5.74) is 0.376. The van der Waals surface area contributed by atoms with E-state index in [0.29, 0.717) is 38.4 Å². The normalized spacial score (nSPS) is 15.0. The van der Waals surface area contributed by atoms with E-state index in [1.807, 2.05) is 6.07 Å². The maximum absolute atomic E-state index is 12.6. The molecule has 0 aliphatic carbocycles. The van der Waals surface area contributed by atoms with Crippen LogP contribution in [0.3, 0.4) is 0 Å². The highest BCUT2D eigenvalue weighted by molar-refractivity contribution is 5.94. The van der Waals surface area contributed by atoms with Crippen LogP contribution in [0.25, 0.3) is 0 Å². The minimum atomic E-state index is -2.90. The third-order valence-corrected chi connectivity index (χ3v) is 3.90. The van der Waals surface area contributed by atoms with E-state index in [1.54, 1.807) is 4.90 Å². The Kier molecular flexibility index (Phi) is 7.57. The summed E-state index contributed by atoms with van der Waals surface area (Å²) in [6, 6.07) is 7.62. The first-order chi connectivity index (χ1) is 12.1. The number of halogens is 2. The molecule has 2 rings (SSSR count). The molecule has 0 radical (unpaired) electrons. The van der Waals surface area contributed by atoms with Crippen molar-refractivity contribution in [2.45, 2.75) is 13.0 Å². The lowest BCUT2D eigenvalue weighted by Crippen LogP contribution is -2.43. The van der Waals surface area contributed by atoms with E-state index in [0.717, 1.165) is 13.1 Å². The topological polar surface area (TPSA) is 65.8 Å². The maximum Gasteiger partial charge on any atom is 0.387 e. The molecule has 0 aromatic heterocycles. The maximum atomic E-state index is 12.6. The van der Waals surface area contributed by atoms with Crippen molar-refractivity contribution in [3.63, 3.8) is 0 Å². The van der Waals surface area contributed by atoms with Crippen molar-refractivity contribution < 1.29 is 23.0 Å². The van der Waals surface area contributed by atoms with Gasteiger partial charge >= 0.3 is 6.61 Å². The molecule has 0 spiro atoms. The van der Waals surface area contributed by atoms with Crippen molar-refractivity contribution in [1.29, 1.82) is 5.26 Å². The second kappa shape index (κ2) is 9.91. The van der Waals surface area contributed by atoms with Gasteiger partial charge in [-0.2, -0.15) is 14.0 Å². The smallest absolute Gasteiger partial charge is 0.387 e. The van der Waals surface area contributed by atoms with Crippen LogP contribution in [0.1, 0.15) is 16.8 Å². The number of alkyl halides is 2. The molecule has 1 aliphatic rings. The van der Waals surface area contributed by atoms with Gasteiger partial charge in [0, 0.05) is 38.3 Å². The number of morpholine rings is 1. The minimum Gasteiger partial charge on any atom is -0.435 e. The Morgan fingerprint density at radius 3 is 2.56 bits per heavy atom. The highest BCUT2D eigenvalue weighted by Gasteiger charge is 2.18. The molecular weight excluding hydrogens is 332 g/mol. The zero-order valence-electron chi connectivity index (χ0n) is 13.9. The van der Waals surface area contributed by atoms with Gasteiger partial charge in [0.2, 0.25) is 0 Å². The van der Waals surface area contributed by atoms with Gasteiger partial charge in [0.1, 0.15) is 5.75 Å². The number of carbonyl (C=O) groups is 1. The van der Waals surface area contributed by atoms with Gasteiger partial charge in [0.05, 0.1) is 25.7 Å². The summed E-state index contributed by atoms with van der Waals surface area (Å²) in [5, 5.41) is 8.80. The van der Waals surface area contributed by atoms with Crippen LogP contribution in [-0.4, -0.2) is 68.3 Å². The standard InChI is InChI=1S/C17H21F2N3O3/c18-17(19)25-15-4-2-14(3-5-15)16(23)22(7-1-6-20)9-8-21-10-12-24-13-11-21/h2-5,17H,1,7-13H2. The Balaban J connectivity index is 1.97. The van der Waals surface area contributed by atoms with Gasteiger partial charge in [0.25, 0.3) is 5.91 Å². The predicted octanol–water partition coefficient (Wildman–Crippen LogP) is 1.98. The highest BCUT2D eigenvalue weighted by atomic mass is 19.3. The summed E-state index contributed by atoms with van der Waals surface area (Å²) in [6.07, 6.45) is 0.238. The van der Waals surface area contributed by atoms with Crippen molar-refractivity contribution in [1.82, 2.24) is 9.80 Å². The van der Waals surface area contributed by atoms with E-state index >= 15 is 0 Å². The van der Waals surface area contributed by atoms with Gasteiger partial charge in [0.15, 0.2) is 0 Å². The fraction of sp³-hybridized carbons (Fsp3) is 0.529. The molecule has 1 saturated heterocycles. The molecule has 1 amide bonds. The number of hydrogen-bond donors (Lipinski definition) is 0.